The number of hydrogen-bond donors (Lipinski definition) is 1. The van der Waals surface area contributed by atoms with Crippen LogP contribution in [0.15, 0.2) is 60.8 Å². The lowest BCUT2D eigenvalue weighted by atomic mass is 10.1. The van der Waals surface area contributed by atoms with Crippen LogP contribution in [0.25, 0.3) is 5.69 Å². The summed E-state index contributed by atoms with van der Waals surface area (Å²) in [7, 11) is 1.56. The van der Waals surface area contributed by atoms with Crippen molar-refractivity contribution >= 4 is 23.4 Å². The van der Waals surface area contributed by atoms with Crippen molar-refractivity contribution in [2.24, 2.45) is 0 Å². The Morgan fingerprint density at radius 3 is 2.24 bits per heavy atom. The number of aromatic nitrogens is 2. The molecule has 8 nitrogen and oxygen atoms in total. The van der Waals surface area contributed by atoms with Crippen LogP contribution in [0, 0.1) is 0 Å². The number of Topliss-reactive ketones (excluding diaryl/α,β-unsaturated/α-hetero) is 1. The van der Waals surface area contributed by atoms with Crippen LogP contribution in [-0.2, 0) is 4.79 Å². The molecular formula is C25H28N4O4. The molecule has 1 N–H and O–H groups in total. The van der Waals surface area contributed by atoms with Crippen molar-refractivity contribution in [3.8, 4) is 11.4 Å². The number of benzene rings is 2. The van der Waals surface area contributed by atoms with E-state index in [1.807, 2.05) is 44.2 Å². The van der Waals surface area contributed by atoms with Gasteiger partial charge in [0.2, 0.25) is 5.91 Å². The zero-order valence-electron chi connectivity index (χ0n) is 19.1. The average molecular weight is 449 g/mol. The highest BCUT2D eigenvalue weighted by atomic mass is 16.5. The van der Waals surface area contributed by atoms with Crippen molar-refractivity contribution < 1.29 is 19.1 Å². The second-order valence-corrected chi connectivity index (χ2v) is 7.33. The molecule has 0 radical (unpaired) electrons. The van der Waals surface area contributed by atoms with E-state index >= 15 is 0 Å². The Morgan fingerprint density at radius 1 is 0.970 bits per heavy atom. The van der Waals surface area contributed by atoms with Gasteiger partial charge in [-0.3, -0.25) is 14.4 Å². The van der Waals surface area contributed by atoms with E-state index in [2.05, 4.69) is 10.4 Å². The van der Waals surface area contributed by atoms with Crippen molar-refractivity contribution in [2.75, 3.05) is 25.5 Å². The summed E-state index contributed by atoms with van der Waals surface area (Å²) < 4.78 is 6.63. The normalized spacial score (nSPS) is 10.5. The molecule has 1 heterocycles. The van der Waals surface area contributed by atoms with E-state index < -0.39 is 0 Å². The fraction of sp³-hybridized carbons (Fsp3) is 0.280. The first-order chi connectivity index (χ1) is 16.0. The maximum absolute atomic E-state index is 13.0. The Morgan fingerprint density at radius 2 is 1.64 bits per heavy atom. The molecule has 3 aromatic rings. The molecule has 2 amide bonds. The zero-order chi connectivity index (χ0) is 23.8. The minimum absolute atomic E-state index is 0.0241. The van der Waals surface area contributed by atoms with Gasteiger partial charge in [-0.05, 0) is 50.2 Å². The first-order valence-corrected chi connectivity index (χ1v) is 10.9. The van der Waals surface area contributed by atoms with Crippen LogP contribution in [0.1, 0.15) is 47.4 Å². The van der Waals surface area contributed by atoms with Crippen molar-refractivity contribution in [1.82, 2.24) is 14.7 Å². The van der Waals surface area contributed by atoms with Crippen molar-refractivity contribution in [2.45, 2.75) is 26.7 Å². The van der Waals surface area contributed by atoms with Crippen molar-refractivity contribution in [3.63, 3.8) is 0 Å². The molecule has 0 aliphatic rings. The molecule has 0 saturated carbocycles. The number of amides is 2. The monoisotopic (exact) mass is 448 g/mol. The molecule has 1 aromatic heterocycles. The van der Waals surface area contributed by atoms with E-state index in [0.717, 1.165) is 0 Å². The minimum Gasteiger partial charge on any atom is -0.497 e. The lowest BCUT2D eigenvalue weighted by Gasteiger charge is -2.19. The number of para-hydroxylation sites is 1. The fourth-order valence-electron chi connectivity index (χ4n) is 3.41. The molecule has 3 rings (SSSR count). The van der Waals surface area contributed by atoms with E-state index in [4.69, 9.17) is 4.74 Å². The van der Waals surface area contributed by atoms with E-state index in [1.54, 1.807) is 36.3 Å². The summed E-state index contributed by atoms with van der Waals surface area (Å²) in [5.41, 5.74) is 1.52. The highest BCUT2D eigenvalue weighted by Gasteiger charge is 2.23. The van der Waals surface area contributed by atoms with Crippen LogP contribution in [0.3, 0.4) is 0 Å². The van der Waals surface area contributed by atoms with Gasteiger partial charge in [0.25, 0.3) is 5.91 Å². The summed E-state index contributed by atoms with van der Waals surface area (Å²) in [4.78, 5) is 39.9. The van der Waals surface area contributed by atoms with E-state index in [1.165, 1.54) is 10.9 Å². The zero-order valence-corrected chi connectivity index (χ0v) is 19.1. The standard InChI is InChI=1S/C25H28N4O4/c1-4-28(5-2)25(32)21-17-26-29(19-9-7-6-8-10-19)24(21)27-23(31)16-15-22(30)18-11-13-20(33-3)14-12-18/h6-14,17H,4-5,15-16H2,1-3H3,(H,27,31). The van der Waals surface area contributed by atoms with Crippen molar-refractivity contribution in [3.05, 3.63) is 71.9 Å². The smallest absolute Gasteiger partial charge is 0.259 e. The minimum atomic E-state index is -0.372. The summed E-state index contributed by atoms with van der Waals surface area (Å²) in [5.74, 6) is 0.211. The number of nitrogens with one attached hydrogen (secondary N) is 1. The molecule has 2 aromatic carbocycles. The van der Waals surface area contributed by atoms with Gasteiger partial charge in [-0.2, -0.15) is 5.10 Å². The number of anilines is 1. The predicted molar refractivity (Wildman–Crippen MR) is 126 cm³/mol. The van der Waals surface area contributed by atoms with Crippen LogP contribution in [-0.4, -0.2) is 52.5 Å². The molecule has 33 heavy (non-hydrogen) atoms. The Balaban J connectivity index is 1.78. The van der Waals surface area contributed by atoms with Gasteiger partial charge in [-0.15, -0.1) is 0 Å². The number of rotatable bonds is 10. The lowest BCUT2D eigenvalue weighted by Crippen LogP contribution is -2.31. The summed E-state index contributed by atoms with van der Waals surface area (Å²) in [6.45, 7) is 4.86. The fourth-order valence-corrected chi connectivity index (χ4v) is 3.41. The molecule has 0 fully saturated rings. The molecule has 8 heteroatoms. The van der Waals surface area contributed by atoms with Gasteiger partial charge >= 0.3 is 0 Å². The van der Waals surface area contributed by atoms with E-state index in [9.17, 15) is 14.4 Å². The molecule has 0 aliphatic heterocycles. The van der Waals surface area contributed by atoms with Crippen molar-refractivity contribution in [1.29, 1.82) is 0 Å². The van der Waals surface area contributed by atoms with Gasteiger partial charge in [0.05, 0.1) is 19.0 Å². The first kappa shape index (κ1) is 23.7. The maximum Gasteiger partial charge on any atom is 0.259 e. The third-order valence-corrected chi connectivity index (χ3v) is 5.30. The van der Waals surface area contributed by atoms with Crippen LogP contribution >= 0.6 is 0 Å². The summed E-state index contributed by atoms with van der Waals surface area (Å²) in [6.07, 6.45) is 1.48. The van der Waals surface area contributed by atoms with Gasteiger partial charge < -0.3 is 15.0 Å². The van der Waals surface area contributed by atoms with Crippen LogP contribution in [0.5, 0.6) is 5.75 Å². The van der Waals surface area contributed by atoms with E-state index in [0.29, 0.717) is 41.5 Å². The van der Waals surface area contributed by atoms with Crippen LogP contribution in [0.2, 0.25) is 0 Å². The molecular weight excluding hydrogens is 420 g/mol. The SMILES string of the molecule is CCN(CC)C(=O)c1cnn(-c2ccccc2)c1NC(=O)CCC(=O)c1ccc(OC)cc1. The second-order valence-electron chi connectivity index (χ2n) is 7.33. The maximum atomic E-state index is 13.0. The average Bonchev–Trinajstić information content (AvgIpc) is 3.27. The summed E-state index contributed by atoms with van der Waals surface area (Å²) >= 11 is 0. The van der Waals surface area contributed by atoms with Crippen LogP contribution in [0.4, 0.5) is 5.82 Å². The third kappa shape index (κ3) is 5.65. The number of methoxy groups -OCH3 is 1. The Labute approximate surface area is 193 Å². The Hall–Kier alpha value is -3.94. The molecule has 0 spiro atoms. The number of carbonyl (C=O) groups excluding carboxylic acids is 3. The number of carbonyl (C=O) groups is 3. The number of hydrogen-bond acceptors (Lipinski definition) is 5. The topological polar surface area (TPSA) is 93.5 Å². The second kappa shape index (κ2) is 11.1. The molecule has 0 atom stereocenters. The summed E-state index contributed by atoms with van der Waals surface area (Å²) in [6, 6.07) is 16.0. The number of nitrogens with zero attached hydrogens (tertiary/aromatic N) is 3. The van der Waals surface area contributed by atoms with E-state index in [-0.39, 0.29) is 30.4 Å². The van der Waals surface area contributed by atoms with Gasteiger partial charge in [-0.25, -0.2) is 4.68 Å². The quantitative estimate of drug-likeness (QED) is 0.474. The van der Waals surface area contributed by atoms with Gasteiger partial charge in [-0.1, -0.05) is 18.2 Å². The number of ether oxygens (including phenoxy) is 1. The first-order valence-electron chi connectivity index (χ1n) is 10.9. The molecule has 172 valence electrons. The number of ketones is 1. The molecule has 0 aliphatic carbocycles. The van der Waals surface area contributed by atoms with Crippen LogP contribution < -0.4 is 10.1 Å². The van der Waals surface area contributed by atoms with Gasteiger partial charge in [0.1, 0.15) is 17.1 Å². The largest absolute Gasteiger partial charge is 0.497 e. The lowest BCUT2D eigenvalue weighted by molar-refractivity contribution is -0.116. The molecule has 0 unspecified atom stereocenters. The molecule has 0 saturated heterocycles. The Kier molecular flexibility index (Phi) is 7.96. The molecule has 0 bridgehead atoms. The Bertz CT molecular complexity index is 1100. The highest BCUT2D eigenvalue weighted by Crippen LogP contribution is 2.22. The predicted octanol–water partition coefficient (Wildman–Crippen LogP) is 3.96. The van der Waals surface area contributed by atoms with Gasteiger partial charge in [0, 0.05) is 31.5 Å². The highest BCUT2D eigenvalue weighted by molar-refractivity contribution is 6.04. The van der Waals surface area contributed by atoms with Gasteiger partial charge in [0.15, 0.2) is 5.78 Å². The third-order valence-electron chi connectivity index (χ3n) is 5.30. The summed E-state index contributed by atoms with van der Waals surface area (Å²) in [5, 5.41) is 7.15.